The Kier molecular flexibility index (Phi) is 5.53. The number of aromatic nitrogens is 5. The van der Waals surface area contributed by atoms with Crippen LogP contribution in [0.1, 0.15) is 16.8 Å². The summed E-state index contributed by atoms with van der Waals surface area (Å²) in [7, 11) is 1.75. The number of nitrogens with zero attached hydrogens (tertiary/aromatic N) is 5. The average molecular weight is 378 g/mol. The smallest absolute Gasteiger partial charge is 0.318 e. The zero-order chi connectivity index (χ0) is 19.4. The Morgan fingerprint density at radius 3 is 2.85 bits per heavy atom. The summed E-state index contributed by atoms with van der Waals surface area (Å²) in [6, 6.07) is 4.07. The van der Waals surface area contributed by atoms with Crippen molar-refractivity contribution in [1.82, 2.24) is 25.0 Å². The van der Waals surface area contributed by atoms with E-state index in [9.17, 15) is 13.2 Å². The highest BCUT2D eigenvalue weighted by atomic mass is 19.3. The predicted molar refractivity (Wildman–Crippen MR) is 91.7 cm³/mol. The number of nitrogens with one attached hydrogen (secondary N) is 1. The average Bonchev–Trinajstić information content (AvgIpc) is 3.11. The summed E-state index contributed by atoms with van der Waals surface area (Å²) in [4.78, 5) is 8.28. The van der Waals surface area contributed by atoms with E-state index < -0.39 is 18.7 Å². The lowest BCUT2D eigenvalue weighted by Gasteiger charge is -2.07. The number of alkyl halides is 2. The second kappa shape index (κ2) is 8.02. The fraction of sp³-hybridized carbons (Fsp3) is 0.294. The van der Waals surface area contributed by atoms with Gasteiger partial charge in [-0.3, -0.25) is 0 Å². The zero-order valence-electron chi connectivity index (χ0n) is 14.7. The molecule has 0 saturated heterocycles. The zero-order valence-corrected chi connectivity index (χ0v) is 14.7. The van der Waals surface area contributed by atoms with Gasteiger partial charge in [0.1, 0.15) is 23.9 Å². The fourth-order valence-electron chi connectivity index (χ4n) is 2.40. The predicted octanol–water partition coefficient (Wildman–Crippen LogP) is 2.93. The van der Waals surface area contributed by atoms with Crippen LogP contribution in [0, 0.1) is 12.7 Å². The SMILES string of the molecule is CNc1nc(OCc2cn(-c3ccc(F)c(CC(F)F)c3)nn2)ncc1C. The topological polar surface area (TPSA) is 77.8 Å². The molecule has 2 heterocycles. The summed E-state index contributed by atoms with van der Waals surface area (Å²) in [6.07, 6.45) is -0.102. The van der Waals surface area contributed by atoms with E-state index in [-0.39, 0.29) is 18.2 Å². The summed E-state index contributed by atoms with van der Waals surface area (Å²) in [5.74, 6) is -0.0268. The van der Waals surface area contributed by atoms with Crippen LogP contribution in [0.3, 0.4) is 0 Å². The van der Waals surface area contributed by atoms with Gasteiger partial charge < -0.3 is 10.1 Å². The first-order valence-electron chi connectivity index (χ1n) is 8.08. The molecule has 10 heteroatoms. The third kappa shape index (κ3) is 4.52. The lowest BCUT2D eigenvalue weighted by Crippen LogP contribution is -2.03. The Hall–Kier alpha value is -3.17. The molecule has 0 atom stereocenters. The molecular weight excluding hydrogens is 361 g/mol. The minimum atomic E-state index is -2.63. The van der Waals surface area contributed by atoms with Crippen LogP contribution in [-0.4, -0.2) is 38.4 Å². The van der Waals surface area contributed by atoms with E-state index >= 15 is 0 Å². The summed E-state index contributed by atoms with van der Waals surface area (Å²) >= 11 is 0. The normalized spacial score (nSPS) is 11.0. The van der Waals surface area contributed by atoms with Crippen LogP contribution < -0.4 is 10.1 Å². The Labute approximate surface area is 153 Å². The lowest BCUT2D eigenvalue weighted by molar-refractivity contribution is 0.148. The lowest BCUT2D eigenvalue weighted by atomic mass is 10.1. The van der Waals surface area contributed by atoms with E-state index in [1.54, 1.807) is 19.4 Å². The van der Waals surface area contributed by atoms with Crippen LogP contribution in [0.2, 0.25) is 0 Å². The van der Waals surface area contributed by atoms with Crippen LogP contribution in [0.5, 0.6) is 6.01 Å². The molecule has 3 aromatic rings. The molecule has 27 heavy (non-hydrogen) atoms. The first-order chi connectivity index (χ1) is 13.0. The van der Waals surface area contributed by atoms with Crippen molar-refractivity contribution < 1.29 is 17.9 Å². The van der Waals surface area contributed by atoms with Gasteiger partial charge in [-0.05, 0) is 30.7 Å². The first kappa shape index (κ1) is 18.6. The number of hydrogen-bond acceptors (Lipinski definition) is 6. The molecule has 0 radical (unpaired) electrons. The van der Waals surface area contributed by atoms with Gasteiger partial charge in [0, 0.05) is 25.2 Å². The minimum absolute atomic E-state index is 0.0668. The Morgan fingerprint density at radius 2 is 2.11 bits per heavy atom. The van der Waals surface area contributed by atoms with Crippen LogP contribution in [0.25, 0.3) is 5.69 Å². The maximum absolute atomic E-state index is 13.6. The van der Waals surface area contributed by atoms with E-state index in [1.165, 1.54) is 16.8 Å². The fourth-order valence-corrected chi connectivity index (χ4v) is 2.40. The van der Waals surface area contributed by atoms with Gasteiger partial charge >= 0.3 is 6.01 Å². The number of ether oxygens (including phenoxy) is 1. The molecule has 0 amide bonds. The molecule has 1 N–H and O–H groups in total. The number of aryl methyl sites for hydroxylation is 1. The van der Waals surface area contributed by atoms with E-state index in [2.05, 4.69) is 25.6 Å². The molecule has 0 saturated carbocycles. The third-order valence-electron chi connectivity index (χ3n) is 3.74. The van der Waals surface area contributed by atoms with Gasteiger partial charge in [-0.1, -0.05) is 5.21 Å². The molecule has 7 nitrogen and oxygen atoms in total. The standard InChI is InChI=1S/C17H17F3N6O/c1-10-7-22-17(23-16(10)21-2)27-9-12-8-26(25-24-12)13-3-4-14(18)11(5-13)6-15(19)20/h3-5,7-8,15H,6,9H2,1-2H3,(H,21,22,23). The van der Waals surface area contributed by atoms with Gasteiger partial charge in [-0.25, -0.2) is 22.8 Å². The molecule has 3 rings (SSSR count). The maximum Gasteiger partial charge on any atom is 0.318 e. The highest BCUT2D eigenvalue weighted by molar-refractivity contribution is 5.41. The molecule has 0 aliphatic rings. The van der Waals surface area contributed by atoms with Crippen molar-refractivity contribution in [3.63, 3.8) is 0 Å². The molecule has 0 unspecified atom stereocenters. The van der Waals surface area contributed by atoms with Gasteiger partial charge in [0.2, 0.25) is 6.43 Å². The highest BCUT2D eigenvalue weighted by Crippen LogP contribution is 2.18. The monoisotopic (exact) mass is 378 g/mol. The summed E-state index contributed by atoms with van der Waals surface area (Å²) in [5, 5.41) is 10.8. The van der Waals surface area contributed by atoms with Gasteiger partial charge in [0.05, 0.1) is 11.9 Å². The molecule has 0 spiro atoms. The Morgan fingerprint density at radius 1 is 1.30 bits per heavy atom. The molecular formula is C17H17F3N6O. The summed E-state index contributed by atoms with van der Waals surface area (Å²) in [5.41, 5.74) is 1.70. The van der Waals surface area contributed by atoms with E-state index in [0.29, 0.717) is 17.2 Å². The highest BCUT2D eigenvalue weighted by Gasteiger charge is 2.12. The largest absolute Gasteiger partial charge is 0.457 e. The van der Waals surface area contributed by atoms with Crippen LogP contribution in [-0.2, 0) is 13.0 Å². The first-order valence-corrected chi connectivity index (χ1v) is 8.08. The summed E-state index contributed by atoms with van der Waals surface area (Å²) in [6.45, 7) is 1.93. The van der Waals surface area contributed by atoms with Gasteiger partial charge in [-0.2, -0.15) is 4.98 Å². The van der Waals surface area contributed by atoms with E-state index in [1.807, 2.05) is 6.92 Å². The molecule has 2 aromatic heterocycles. The van der Waals surface area contributed by atoms with Crippen LogP contribution in [0.15, 0.2) is 30.6 Å². The van der Waals surface area contributed by atoms with Gasteiger partial charge in [0.15, 0.2) is 0 Å². The Bertz CT molecular complexity index is 931. The number of benzene rings is 1. The second-order valence-electron chi connectivity index (χ2n) is 5.75. The number of anilines is 1. The molecule has 1 aromatic carbocycles. The van der Waals surface area contributed by atoms with E-state index in [4.69, 9.17) is 4.74 Å². The maximum atomic E-state index is 13.6. The molecule has 0 aliphatic heterocycles. The number of halogens is 3. The quantitative estimate of drug-likeness (QED) is 0.681. The summed E-state index contributed by atoms with van der Waals surface area (Å²) < 4.78 is 45.6. The third-order valence-corrected chi connectivity index (χ3v) is 3.74. The van der Waals surface area contributed by atoms with Gasteiger partial charge in [-0.15, -0.1) is 5.10 Å². The molecule has 0 bridgehead atoms. The van der Waals surface area contributed by atoms with Crippen molar-refractivity contribution >= 4 is 5.82 Å². The van der Waals surface area contributed by atoms with Crippen molar-refractivity contribution in [1.29, 1.82) is 0 Å². The van der Waals surface area contributed by atoms with Crippen molar-refractivity contribution in [2.45, 2.75) is 26.4 Å². The second-order valence-corrected chi connectivity index (χ2v) is 5.75. The van der Waals surface area contributed by atoms with Crippen molar-refractivity contribution in [3.05, 3.63) is 53.2 Å². The Balaban J connectivity index is 1.72. The van der Waals surface area contributed by atoms with Crippen LogP contribution in [0.4, 0.5) is 19.0 Å². The molecule has 0 fully saturated rings. The van der Waals surface area contributed by atoms with Crippen molar-refractivity contribution in [2.75, 3.05) is 12.4 Å². The number of rotatable bonds is 7. The number of hydrogen-bond donors (Lipinski definition) is 1. The molecule has 142 valence electrons. The van der Waals surface area contributed by atoms with Crippen molar-refractivity contribution in [2.24, 2.45) is 0 Å². The van der Waals surface area contributed by atoms with Gasteiger partial charge in [0.25, 0.3) is 0 Å². The van der Waals surface area contributed by atoms with Crippen molar-refractivity contribution in [3.8, 4) is 11.7 Å². The minimum Gasteiger partial charge on any atom is -0.457 e. The van der Waals surface area contributed by atoms with Crippen LogP contribution >= 0.6 is 0 Å². The molecule has 0 aliphatic carbocycles. The van der Waals surface area contributed by atoms with E-state index in [0.717, 1.165) is 11.6 Å².